The zero-order valence-corrected chi connectivity index (χ0v) is 13.9. The van der Waals surface area contributed by atoms with Crippen molar-refractivity contribution in [3.63, 3.8) is 0 Å². The fraction of sp³-hybridized carbons (Fsp3) is 0.154. The van der Waals surface area contributed by atoms with Gasteiger partial charge < -0.3 is 10.1 Å². The second-order valence-electron chi connectivity index (χ2n) is 4.19. The highest BCUT2D eigenvalue weighted by molar-refractivity contribution is 7.17. The van der Waals surface area contributed by atoms with Gasteiger partial charge in [0.05, 0.1) is 22.0 Å². The molecule has 3 amide bonds. The Morgan fingerprint density at radius 2 is 2.00 bits per heavy atom. The van der Waals surface area contributed by atoms with E-state index in [0.717, 1.165) is 22.7 Å². The van der Waals surface area contributed by atoms with Gasteiger partial charge >= 0.3 is 11.1 Å². The Hall–Kier alpha value is -2.79. The van der Waals surface area contributed by atoms with Gasteiger partial charge in [-0.15, -0.1) is 11.3 Å². The molecule has 0 aliphatic rings. The minimum atomic E-state index is -0.889. The number of alkyl carbamates (subject to hydrolysis) is 1. The molecule has 0 aliphatic carbocycles. The van der Waals surface area contributed by atoms with Crippen molar-refractivity contribution in [1.82, 2.24) is 5.32 Å². The van der Waals surface area contributed by atoms with E-state index in [0.29, 0.717) is 0 Å². The Morgan fingerprint density at radius 3 is 2.62 bits per heavy atom. The molecule has 2 aromatic rings. The van der Waals surface area contributed by atoms with Crippen molar-refractivity contribution in [3.05, 3.63) is 44.1 Å². The van der Waals surface area contributed by atoms with E-state index in [1.807, 2.05) is 5.32 Å². The quantitative estimate of drug-likeness (QED) is 0.616. The number of hydrogen-bond acceptors (Lipinski definition) is 8. The standard InChI is InChI=1S/C13H11N3O6S2/c1-2-22-13(19)15-10(17)7-5-6-23-12(7)14-11(18)8-3-4-9(24-8)16(20)21/h3-6H,2H2,1H3,(H,14,18)(H,15,17,19). The van der Waals surface area contributed by atoms with Crippen molar-refractivity contribution in [2.24, 2.45) is 0 Å². The highest BCUT2D eigenvalue weighted by Crippen LogP contribution is 2.27. The van der Waals surface area contributed by atoms with E-state index in [1.54, 1.807) is 12.3 Å². The monoisotopic (exact) mass is 369 g/mol. The topological polar surface area (TPSA) is 128 Å². The number of thiophene rings is 2. The summed E-state index contributed by atoms with van der Waals surface area (Å²) in [5.74, 6) is -1.30. The van der Waals surface area contributed by atoms with Gasteiger partial charge in [-0.2, -0.15) is 0 Å². The molecule has 24 heavy (non-hydrogen) atoms. The summed E-state index contributed by atoms with van der Waals surface area (Å²) in [5, 5.41) is 16.8. The summed E-state index contributed by atoms with van der Waals surface area (Å²) < 4.78 is 4.61. The van der Waals surface area contributed by atoms with Gasteiger partial charge in [-0.05, 0) is 24.4 Å². The fourth-order valence-electron chi connectivity index (χ4n) is 1.62. The average molecular weight is 369 g/mol. The summed E-state index contributed by atoms with van der Waals surface area (Å²) >= 11 is 1.80. The Balaban J connectivity index is 2.09. The number of anilines is 1. The van der Waals surface area contributed by atoms with Crippen LogP contribution in [0.4, 0.5) is 14.8 Å². The number of nitrogens with zero attached hydrogens (tertiary/aromatic N) is 1. The van der Waals surface area contributed by atoms with Crippen LogP contribution < -0.4 is 10.6 Å². The SMILES string of the molecule is CCOC(=O)NC(=O)c1ccsc1NC(=O)c1ccc([N+](=O)[O-])s1. The normalized spacial score (nSPS) is 10.0. The van der Waals surface area contributed by atoms with Crippen LogP contribution in [0.3, 0.4) is 0 Å². The molecule has 0 unspecified atom stereocenters. The van der Waals surface area contributed by atoms with E-state index in [1.165, 1.54) is 18.2 Å². The van der Waals surface area contributed by atoms with Gasteiger partial charge in [-0.25, -0.2) is 4.79 Å². The molecule has 0 aromatic carbocycles. The summed E-state index contributed by atoms with van der Waals surface area (Å²) in [6, 6.07) is 3.98. The zero-order valence-electron chi connectivity index (χ0n) is 12.2. The van der Waals surface area contributed by atoms with E-state index < -0.39 is 22.8 Å². The van der Waals surface area contributed by atoms with E-state index in [4.69, 9.17) is 0 Å². The molecule has 9 nitrogen and oxygen atoms in total. The van der Waals surface area contributed by atoms with Gasteiger partial charge in [0, 0.05) is 6.07 Å². The third-order valence-corrected chi connectivity index (χ3v) is 4.49. The highest BCUT2D eigenvalue weighted by Gasteiger charge is 2.20. The summed E-state index contributed by atoms with van der Waals surface area (Å²) in [4.78, 5) is 45.5. The van der Waals surface area contributed by atoms with Crippen LogP contribution in [0.15, 0.2) is 23.6 Å². The molecule has 0 bridgehead atoms. The van der Waals surface area contributed by atoms with Crippen molar-refractivity contribution < 1.29 is 24.0 Å². The van der Waals surface area contributed by atoms with E-state index in [2.05, 4.69) is 10.1 Å². The average Bonchev–Trinajstić information content (AvgIpc) is 3.16. The molecule has 0 saturated carbocycles. The summed E-state index contributed by atoms with van der Waals surface area (Å²) in [5.41, 5.74) is 0.0902. The van der Waals surface area contributed by atoms with Gasteiger partial charge in [0.1, 0.15) is 5.00 Å². The molecule has 0 radical (unpaired) electrons. The maximum atomic E-state index is 12.1. The lowest BCUT2D eigenvalue weighted by Gasteiger charge is -2.06. The predicted molar refractivity (Wildman–Crippen MR) is 87.7 cm³/mol. The number of ether oxygens (including phenoxy) is 1. The number of nitro groups is 1. The molecular weight excluding hydrogens is 358 g/mol. The summed E-state index contributed by atoms with van der Waals surface area (Å²) in [6.07, 6.45) is -0.889. The fourth-order valence-corrected chi connectivity index (χ4v) is 3.12. The van der Waals surface area contributed by atoms with Crippen molar-refractivity contribution in [3.8, 4) is 0 Å². The van der Waals surface area contributed by atoms with Crippen LogP contribution in [0.1, 0.15) is 27.0 Å². The Labute approximate surface area is 143 Å². The maximum absolute atomic E-state index is 12.1. The van der Waals surface area contributed by atoms with Crippen LogP contribution in [0.2, 0.25) is 0 Å². The summed E-state index contributed by atoms with van der Waals surface area (Å²) in [6.45, 7) is 1.71. The number of hydrogen-bond donors (Lipinski definition) is 2. The van der Waals surface area contributed by atoms with Crippen molar-refractivity contribution in [2.45, 2.75) is 6.92 Å². The number of carbonyl (C=O) groups is 3. The lowest BCUT2D eigenvalue weighted by atomic mass is 10.3. The third-order valence-electron chi connectivity index (χ3n) is 2.62. The highest BCUT2D eigenvalue weighted by atomic mass is 32.1. The van der Waals surface area contributed by atoms with E-state index >= 15 is 0 Å². The molecule has 0 aliphatic heterocycles. The van der Waals surface area contributed by atoms with Gasteiger partial charge in [0.2, 0.25) is 0 Å². The second-order valence-corrected chi connectivity index (χ2v) is 6.17. The third kappa shape index (κ3) is 4.14. The first-order valence-corrected chi connectivity index (χ1v) is 8.23. The van der Waals surface area contributed by atoms with E-state index in [9.17, 15) is 24.5 Å². The molecular formula is C13H11N3O6S2. The minimum absolute atomic E-state index is 0.0902. The van der Waals surface area contributed by atoms with Crippen molar-refractivity contribution >= 4 is 50.6 Å². The number of nitrogens with one attached hydrogen (secondary N) is 2. The van der Waals surface area contributed by atoms with Crippen LogP contribution in [-0.4, -0.2) is 29.4 Å². The zero-order chi connectivity index (χ0) is 17.7. The molecule has 0 spiro atoms. The van der Waals surface area contributed by atoms with Crippen LogP contribution in [0.5, 0.6) is 0 Å². The molecule has 0 atom stereocenters. The summed E-state index contributed by atoms with van der Waals surface area (Å²) in [7, 11) is 0. The maximum Gasteiger partial charge on any atom is 0.414 e. The second kappa shape index (κ2) is 7.66. The minimum Gasteiger partial charge on any atom is -0.450 e. The van der Waals surface area contributed by atoms with Crippen LogP contribution in [0, 0.1) is 10.1 Å². The smallest absolute Gasteiger partial charge is 0.414 e. The molecule has 11 heteroatoms. The Bertz CT molecular complexity index is 797. The first-order chi connectivity index (χ1) is 11.4. The van der Waals surface area contributed by atoms with Crippen LogP contribution >= 0.6 is 22.7 Å². The van der Waals surface area contributed by atoms with Gasteiger partial charge in [0.15, 0.2) is 0 Å². The molecule has 2 rings (SSSR count). The first-order valence-electron chi connectivity index (χ1n) is 6.53. The molecule has 2 N–H and O–H groups in total. The molecule has 126 valence electrons. The number of rotatable bonds is 5. The number of carbonyl (C=O) groups excluding carboxylic acids is 3. The van der Waals surface area contributed by atoms with Crippen LogP contribution in [0.25, 0.3) is 0 Å². The Morgan fingerprint density at radius 1 is 1.25 bits per heavy atom. The van der Waals surface area contributed by atoms with Gasteiger partial charge in [-0.1, -0.05) is 11.3 Å². The first kappa shape index (κ1) is 17.6. The lowest BCUT2D eigenvalue weighted by molar-refractivity contribution is -0.380. The van der Waals surface area contributed by atoms with Gasteiger partial charge in [-0.3, -0.25) is 25.0 Å². The van der Waals surface area contributed by atoms with Crippen LogP contribution in [-0.2, 0) is 4.74 Å². The molecule has 2 heterocycles. The van der Waals surface area contributed by atoms with Gasteiger partial charge in [0.25, 0.3) is 11.8 Å². The van der Waals surface area contributed by atoms with E-state index in [-0.39, 0.29) is 27.0 Å². The Kier molecular flexibility index (Phi) is 5.60. The van der Waals surface area contributed by atoms with Crippen molar-refractivity contribution in [2.75, 3.05) is 11.9 Å². The molecule has 2 aromatic heterocycles. The predicted octanol–water partition coefficient (Wildman–Crippen LogP) is 2.86. The van der Waals surface area contributed by atoms with Crippen molar-refractivity contribution in [1.29, 1.82) is 0 Å². The molecule has 0 saturated heterocycles. The molecule has 0 fully saturated rings. The largest absolute Gasteiger partial charge is 0.450 e. The number of imide groups is 1. The number of amides is 3. The lowest BCUT2D eigenvalue weighted by Crippen LogP contribution is -2.31.